The molecule has 3 amide bonds. The smallest absolute Gasteiger partial charge is 0.870 e. The van der Waals surface area contributed by atoms with Crippen LogP contribution in [0.25, 0.3) is 121 Å². The number of halogens is 11. The molecule has 1 aliphatic rings. The first kappa shape index (κ1) is 123. The zero-order valence-electron chi connectivity index (χ0n) is 80.8. The summed E-state index contributed by atoms with van der Waals surface area (Å²) in [4.78, 5) is 101. The van der Waals surface area contributed by atoms with Crippen LogP contribution in [0.3, 0.4) is 0 Å². The number of methoxy groups -OCH3 is 3. The number of rotatable bonds is 22. The number of amides is 3. The van der Waals surface area contributed by atoms with Crippen molar-refractivity contribution in [1.82, 2.24) is 45.9 Å². The number of hydrogen-bond donors (Lipinski definition) is 13. The Morgan fingerprint density at radius 1 is 0.453 bits per heavy atom. The van der Waals surface area contributed by atoms with E-state index in [-0.39, 0.29) is 126 Å². The third-order valence-corrected chi connectivity index (χ3v) is 26.0. The molecule has 0 bridgehead atoms. The number of H-pyrrole nitrogens is 6. The number of carbonyl (C=O) groups excluding carboxylic acids is 6. The maximum Gasteiger partial charge on any atom is 1.00 e. The molecular formula is C108H108BBr5ClF5N12NaO14S. The number of thiol groups is 1. The van der Waals surface area contributed by atoms with Gasteiger partial charge in [0.2, 0.25) is 0 Å². The number of aromatic amines is 6. The van der Waals surface area contributed by atoms with Gasteiger partial charge in [-0.15, -0.1) is 12.4 Å². The van der Waals surface area contributed by atoms with E-state index in [2.05, 4.69) is 167 Å². The number of nitrogens with zero attached hydrogens (tertiary/aromatic N) is 1. The van der Waals surface area contributed by atoms with Crippen molar-refractivity contribution in [1.29, 1.82) is 0 Å². The van der Waals surface area contributed by atoms with Crippen molar-refractivity contribution < 1.29 is 119 Å². The number of aromatic nitrogens is 6. The van der Waals surface area contributed by atoms with Gasteiger partial charge in [-0.25, -0.2) is 45.9 Å². The van der Waals surface area contributed by atoms with Gasteiger partial charge in [0.25, 0.3) is 11.8 Å². The number of alkyl carbamates (subject to hydrolysis) is 1. The van der Waals surface area contributed by atoms with Gasteiger partial charge >= 0.3 is 84.3 Å². The van der Waals surface area contributed by atoms with Crippen LogP contribution in [0.5, 0.6) is 0 Å². The molecule has 0 saturated carbocycles. The standard InChI is InChI=1S/C26H31BrFN3O3.C20H22BrFN4O.C16H11BrFNO2.C16H12FNO2.C15H9BrFNO2.C10H8BrNO2.C4H8O.CH4.BHNS.ClH.Na.H2O/c1-5-6-7-19(30-25(33)34-26(2,3)4)15-29-24(32)23-22(27)20-14-17(10-13-21(20)31-23)16-8-11-18(28)12-9-16;21-18-16-10-13(12-3-6-14(22)7-4-12)5-8-17(16)26-19(18)20(27)25-11-15(24)2-1-9-23;1-21-16(20)15-14(17)12-8-10(4-7-13(12)19-15)9-2-5-11(18)6-3-9;1-20-16(19)15-9-12-8-11(4-7-14(12)18-15)10-2-5-13(17)6-3-10;16-13-11-7-9(8-1-4-10(17)5-2-8)3-6-12(11)18-14(13)15(19)20;1-14-10(13)9-5-6-4-7(11)2-3-8(6)12-9;1-2-4-5-3-1;;1-2-3;;;/h8-14,19,31H,5-7,15H2,1-4H3,(H,29,32)(H,30,33);3-8,10,15,26H,1-2,9,11,23-24H2,(H,25,27);2-8,19H,1H3;2-9,18H,1H3;1-7,18H,(H,19,20);2-5,12H,1H3;1-4H2;1H4;3H;1H;;1H2/q;;;;;;;;;;+1;/p-1/t19-;15-;;;;;;;;;;/m00........../s1. The van der Waals surface area contributed by atoms with E-state index in [1.54, 1.807) is 72.8 Å². The Kier molecular flexibility index (Phi) is 49.5. The Morgan fingerprint density at radius 2 is 0.764 bits per heavy atom. The topological polar surface area (TPSA) is 411 Å². The molecular weight excluding hydrogens is 2290 g/mol. The summed E-state index contributed by atoms with van der Waals surface area (Å²) in [5.41, 5.74) is 27.2. The average molecular weight is 2390 g/mol. The van der Waals surface area contributed by atoms with Gasteiger partial charge in [0.15, 0.2) is 0 Å². The fraction of sp³-hybridized carbons (Fsp3) is 0.213. The predicted octanol–water partition coefficient (Wildman–Crippen LogP) is 24.4. The molecule has 26 nitrogen and oxygen atoms in total. The summed E-state index contributed by atoms with van der Waals surface area (Å²) in [5, 5.41) is 23.0. The van der Waals surface area contributed by atoms with Gasteiger partial charge in [-0.05, 0) is 330 Å². The summed E-state index contributed by atoms with van der Waals surface area (Å²) >= 11 is 20.3. The molecule has 18 rings (SSSR count). The normalized spacial score (nSPS) is 11.4. The van der Waals surface area contributed by atoms with Crippen molar-refractivity contribution in [3.63, 3.8) is 0 Å². The van der Waals surface area contributed by atoms with E-state index in [0.29, 0.717) is 59.5 Å². The second kappa shape index (κ2) is 59.5. The Balaban J connectivity index is 0.000000239. The fourth-order valence-electron chi connectivity index (χ4n) is 14.9. The molecule has 2 atom stereocenters. The largest absolute Gasteiger partial charge is 1.00 e. The van der Waals surface area contributed by atoms with E-state index in [0.717, 1.165) is 171 Å². The SMILES string of the molecule is C.C1CCOC1.CCCC[C@@H](CNC(=O)c1[nH]c2ccc(-c3ccc(F)cc3)cc2c1Br)NC(=O)OC(C)(C)C.COC(=O)c1[nH]c2ccc(-c3ccc(F)cc3)cc2c1Br.COC(=O)c1cc2cc(-c3ccc(F)cc3)ccc2[nH]1.COC(=O)c1cc2cc(Br)ccc2[nH]1.Cl.NCCC[C@H](N)CNC(=O)c1[nH]c2ccc(-c3ccc(F)cc3)cc2c1Br.O=C(O)c1[nH]c2ccc(-c3ccc(F)cc3)cc2c1Br.[B]=NS.[Na+].[OH-]. The van der Waals surface area contributed by atoms with Gasteiger partial charge in [-0.1, -0.05) is 134 Å². The van der Waals surface area contributed by atoms with Crippen molar-refractivity contribution in [2.24, 2.45) is 15.8 Å². The van der Waals surface area contributed by atoms with Crippen LogP contribution in [0.1, 0.15) is 143 Å². The number of hydrogen-bond acceptors (Lipinski definition) is 17. The maximum absolute atomic E-state index is 13.3. The summed E-state index contributed by atoms with van der Waals surface area (Å²) in [5.74, 6) is -4.06. The minimum absolute atomic E-state index is 0. The maximum atomic E-state index is 13.3. The van der Waals surface area contributed by atoms with Gasteiger partial charge in [-0.2, -0.15) is 0 Å². The predicted molar refractivity (Wildman–Crippen MR) is 593 cm³/mol. The van der Waals surface area contributed by atoms with E-state index in [1.807, 2.05) is 130 Å². The number of nitrogens with two attached hydrogens (primary N) is 2. The summed E-state index contributed by atoms with van der Waals surface area (Å²) in [6, 6.07) is 68.9. The van der Waals surface area contributed by atoms with Crippen LogP contribution in [0.2, 0.25) is 0 Å². The van der Waals surface area contributed by atoms with Gasteiger partial charge in [0, 0.05) is 108 Å². The number of carbonyl (C=O) groups is 7. The number of aromatic carboxylic acids is 1. The fourth-order valence-corrected chi connectivity index (χ4v) is 17.7. The van der Waals surface area contributed by atoms with Gasteiger partial charge in [0.1, 0.15) is 68.9 Å². The molecule has 7 heterocycles. The number of unbranched alkanes of at least 4 members (excludes halogenated alkanes) is 1. The number of fused-ring (bicyclic) bond motifs is 6. The minimum atomic E-state index is -1.02. The van der Waals surface area contributed by atoms with Gasteiger partial charge in [0.05, 0.1) is 39.2 Å². The average Bonchev–Trinajstić information content (AvgIpc) is 1.63. The minimum Gasteiger partial charge on any atom is -0.870 e. The molecule has 0 spiro atoms. The second-order valence-electron chi connectivity index (χ2n) is 33.5. The summed E-state index contributed by atoms with van der Waals surface area (Å²) in [6.45, 7) is 10.8. The van der Waals surface area contributed by atoms with Crippen molar-refractivity contribution >= 4 is 220 Å². The van der Waals surface area contributed by atoms with Gasteiger partial charge < -0.3 is 91.6 Å². The molecule has 1 radical (unpaired) electrons. The molecule has 1 fully saturated rings. The van der Waals surface area contributed by atoms with Crippen LogP contribution in [-0.2, 0) is 23.7 Å². The molecule has 771 valence electrons. The van der Waals surface area contributed by atoms with Crippen LogP contribution in [0.4, 0.5) is 26.7 Å². The number of benzene rings is 11. The molecule has 148 heavy (non-hydrogen) atoms. The van der Waals surface area contributed by atoms with Crippen LogP contribution in [0.15, 0.2) is 269 Å². The first-order valence-corrected chi connectivity index (χ1v) is 49.5. The zero-order chi connectivity index (χ0) is 104. The summed E-state index contributed by atoms with van der Waals surface area (Å²) < 4.78 is 95.8. The first-order chi connectivity index (χ1) is 69.0. The Morgan fingerprint density at radius 3 is 1.09 bits per heavy atom. The Labute approximate surface area is 928 Å². The number of carboxylic acids is 1. The second-order valence-corrected chi connectivity index (χ2v) is 37.9. The monoisotopic (exact) mass is 2390 g/mol. The van der Waals surface area contributed by atoms with Crippen molar-refractivity contribution in [2.75, 3.05) is 54.2 Å². The number of nitrogens with one attached hydrogen (secondary N) is 9. The number of ether oxygens (including phenoxy) is 5. The zero-order valence-corrected chi connectivity index (χ0v) is 92.5. The molecule has 17 aromatic rings. The van der Waals surface area contributed by atoms with Gasteiger partial charge in [-0.3, -0.25) is 9.59 Å². The molecule has 0 unspecified atom stereocenters. The summed E-state index contributed by atoms with van der Waals surface area (Å²) in [7, 11) is 8.38. The molecule has 40 heteroatoms. The Hall–Kier alpha value is -11.9. The van der Waals surface area contributed by atoms with Crippen LogP contribution < -0.4 is 57.0 Å². The molecule has 15 N–H and O–H groups in total. The van der Waals surface area contributed by atoms with Crippen molar-refractivity contribution in [3.05, 3.63) is 328 Å². The Bertz CT molecular complexity index is 7360. The van der Waals surface area contributed by atoms with Crippen LogP contribution in [-0.4, -0.2) is 162 Å². The van der Waals surface area contributed by atoms with E-state index >= 15 is 0 Å². The molecule has 1 aliphatic heterocycles. The van der Waals surface area contributed by atoms with Crippen LogP contribution >= 0.6 is 105 Å². The van der Waals surface area contributed by atoms with E-state index in [4.69, 9.17) is 30.8 Å². The van der Waals surface area contributed by atoms with Crippen molar-refractivity contribution in [2.45, 2.75) is 97.8 Å². The summed E-state index contributed by atoms with van der Waals surface area (Å²) in [6.07, 6.45) is 6.28. The van der Waals surface area contributed by atoms with E-state index in [9.17, 15) is 55.5 Å². The number of esters is 3. The number of carboxylic acid groups (broad SMARTS) is 1. The third-order valence-electron chi connectivity index (χ3n) is 22.2. The van der Waals surface area contributed by atoms with E-state index in [1.165, 1.54) is 94.8 Å². The molecule has 1 saturated heterocycles. The first-order valence-electron chi connectivity index (χ1n) is 45.1. The molecule has 6 aromatic heterocycles. The van der Waals surface area contributed by atoms with E-state index < -0.39 is 29.6 Å². The van der Waals surface area contributed by atoms with Crippen molar-refractivity contribution in [3.8, 4) is 55.6 Å². The molecule has 11 aromatic carbocycles. The quantitative estimate of drug-likeness (QED) is 0.00985. The molecule has 0 aliphatic carbocycles. The third kappa shape index (κ3) is 34.6. The van der Waals surface area contributed by atoms with Crippen LogP contribution in [0, 0.1) is 29.1 Å².